The van der Waals surface area contributed by atoms with E-state index in [1.807, 2.05) is 31.4 Å². The molecule has 1 aromatic heterocycles. The Bertz CT molecular complexity index is 452. The van der Waals surface area contributed by atoms with Crippen molar-refractivity contribution in [3.05, 3.63) is 24.4 Å². The van der Waals surface area contributed by atoms with Crippen molar-refractivity contribution in [2.24, 2.45) is 10.9 Å². The standard InChI is InChI=1S/C17H29N5.HI/c1-15-8-7-13-22(14-15)17(18-2)21-12-6-5-11-20-16-9-3-4-10-19-16;/h3-4,9-10,15H,5-8,11-14H2,1-2H3,(H,18,21)(H,19,20);1H. The summed E-state index contributed by atoms with van der Waals surface area (Å²) >= 11 is 0. The number of pyridine rings is 1. The maximum Gasteiger partial charge on any atom is 0.193 e. The Kier molecular flexibility index (Phi) is 9.98. The van der Waals surface area contributed by atoms with E-state index >= 15 is 0 Å². The van der Waals surface area contributed by atoms with Crippen molar-refractivity contribution in [3.8, 4) is 0 Å². The first-order valence-electron chi connectivity index (χ1n) is 8.40. The topological polar surface area (TPSA) is 52.6 Å². The van der Waals surface area contributed by atoms with Gasteiger partial charge in [0.2, 0.25) is 0 Å². The minimum absolute atomic E-state index is 0. The van der Waals surface area contributed by atoms with Gasteiger partial charge in [-0.05, 0) is 43.7 Å². The summed E-state index contributed by atoms with van der Waals surface area (Å²) < 4.78 is 0. The van der Waals surface area contributed by atoms with Gasteiger partial charge in [0, 0.05) is 39.4 Å². The predicted octanol–water partition coefficient (Wildman–Crippen LogP) is 3.20. The van der Waals surface area contributed by atoms with Crippen molar-refractivity contribution >= 4 is 35.8 Å². The summed E-state index contributed by atoms with van der Waals surface area (Å²) in [7, 11) is 1.88. The zero-order valence-electron chi connectivity index (χ0n) is 14.3. The van der Waals surface area contributed by atoms with Crippen LogP contribution in [0.1, 0.15) is 32.6 Å². The first kappa shape index (κ1) is 20.0. The smallest absolute Gasteiger partial charge is 0.193 e. The van der Waals surface area contributed by atoms with Crippen LogP contribution in [0.2, 0.25) is 0 Å². The highest BCUT2D eigenvalue weighted by Crippen LogP contribution is 2.15. The third kappa shape index (κ3) is 7.37. The second-order valence-corrected chi connectivity index (χ2v) is 6.02. The van der Waals surface area contributed by atoms with Gasteiger partial charge in [0.05, 0.1) is 0 Å². The third-order valence-corrected chi connectivity index (χ3v) is 4.03. The van der Waals surface area contributed by atoms with Crippen molar-refractivity contribution < 1.29 is 0 Å². The predicted molar refractivity (Wildman–Crippen MR) is 109 cm³/mol. The van der Waals surface area contributed by atoms with Crippen LogP contribution in [-0.2, 0) is 0 Å². The summed E-state index contributed by atoms with van der Waals surface area (Å²) in [5, 5.41) is 6.83. The summed E-state index contributed by atoms with van der Waals surface area (Å²) in [6.45, 7) is 6.51. The van der Waals surface area contributed by atoms with Crippen LogP contribution >= 0.6 is 24.0 Å². The van der Waals surface area contributed by atoms with Crippen LogP contribution < -0.4 is 10.6 Å². The first-order valence-corrected chi connectivity index (χ1v) is 8.40. The van der Waals surface area contributed by atoms with E-state index in [9.17, 15) is 0 Å². The largest absolute Gasteiger partial charge is 0.370 e. The number of hydrogen-bond donors (Lipinski definition) is 2. The number of hydrogen-bond acceptors (Lipinski definition) is 3. The summed E-state index contributed by atoms with van der Waals surface area (Å²) in [5.74, 6) is 2.78. The van der Waals surface area contributed by atoms with E-state index in [2.05, 4.69) is 32.4 Å². The quantitative estimate of drug-likeness (QED) is 0.315. The second kappa shape index (κ2) is 11.5. The lowest BCUT2D eigenvalue weighted by Gasteiger charge is -2.33. The Balaban J connectivity index is 0.00000264. The van der Waals surface area contributed by atoms with Gasteiger partial charge < -0.3 is 15.5 Å². The molecule has 0 aliphatic carbocycles. The Morgan fingerprint density at radius 3 is 2.87 bits per heavy atom. The molecule has 0 bridgehead atoms. The molecule has 5 nitrogen and oxygen atoms in total. The lowest BCUT2D eigenvalue weighted by molar-refractivity contribution is 0.266. The lowest BCUT2D eigenvalue weighted by Crippen LogP contribution is -2.46. The number of halogens is 1. The minimum atomic E-state index is 0. The summed E-state index contributed by atoms with van der Waals surface area (Å²) in [6.07, 6.45) is 6.68. The van der Waals surface area contributed by atoms with Crippen LogP contribution in [-0.4, -0.2) is 49.1 Å². The number of aliphatic imine (C=N–C) groups is 1. The van der Waals surface area contributed by atoms with Gasteiger partial charge >= 0.3 is 0 Å². The number of guanidine groups is 1. The van der Waals surface area contributed by atoms with Crippen molar-refractivity contribution in [2.45, 2.75) is 32.6 Å². The van der Waals surface area contributed by atoms with Crippen LogP contribution in [0.5, 0.6) is 0 Å². The molecule has 1 fully saturated rings. The van der Waals surface area contributed by atoms with Crippen LogP contribution in [0, 0.1) is 5.92 Å². The minimum Gasteiger partial charge on any atom is -0.370 e. The average Bonchev–Trinajstić information content (AvgIpc) is 2.55. The van der Waals surface area contributed by atoms with E-state index in [0.29, 0.717) is 0 Å². The van der Waals surface area contributed by atoms with Crippen molar-refractivity contribution in [3.63, 3.8) is 0 Å². The molecule has 0 saturated carbocycles. The SMILES string of the molecule is CN=C(NCCCCNc1ccccn1)N1CCCC(C)C1.I. The van der Waals surface area contributed by atoms with E-state index in [0.717, 1.165) is 56.7 Å². The van der Waals surface area contributed by atoms with Crippen LogP contribution in [0.25, 0.3) is 0 Å². The molecular formula is C17H30IN5. The third-order valence-electron chi connectivity index (χ3n) is 4.03. The second-order valence-electron chi connectivity index (χ2n) is 6.02. The van der Waals surface area contributed by atoms with Gasteiger partial charge in [0.1, 0.15) is 5.82 Å². The molecular weight excluding hydrogens is 401 g/mol. The average molecular weight is 431 g/mol. The maximum atomic E-state index is 4.42. The fourth-order valence-electron chi connectivity index (χ4n) is 2.85. The number of unbranched alkanes of at least 4 members (excludes halogenated alkanes) is 1. The molecule has 1 atom stereocenters. The van der Waals surface area contributed by atoms with Gasteiger partial charge in [-0.1, -0.05) is 13.0 Å². The molecule has 23 heavy (non-hydrogen) atoms. The van der Waals surface area contributed by atoms with Gasteiger partial charge in [-0.15, -0.1) is 24.0 Å². The molecule has 0 amide bonds. The summed E-state index contributed by atoms with van der Waals surface area (Å²) in [5.41, 5.74) is 0. The molecule has 0 spiro atoms. The highest BCUT2D eigenvalue weighted by molar-refractivity contribution is 14.0. The van der Waals surface area contributed by atoms with Crippen molar-refractivity contribution in [1.29, 1.82) is 0 Å². The Morgan fingerprint density at radius 1 is 1.35 bits per heavy atom. The molecule has 1 saturated heterocycles. The van der Waals surface area contributed by atoms with E-state index in [-0.39, 0.29) is 24.0 Å². The number of piperidine rings is 1. The van der Waals surface area contributed by atoms with E-state index in [1.54, 1.807) is 0 Å². The highest BCUT2D eigenvalue weighted by atomic mass is 127. The molecule has 2 N–H and O–H groups in total. The lowest BCUT2D eigenvalue weighted by atomic mass is 10.0. The number of nitrogens with one attached hydrogen (secondary N) is 2. The molecule has 2 rings (SSSR count). The molecule has 1 aromatic rings. The maximum absolute atomic E-state index is 4.42. The molecule has 0 radical (unpaired) electrons. The molecule has 1 aliphatic rings. The van der Waals surface area contributed by atoms with Crippen LogP contribution in [0.4, 0.5) is 5.82 Å². The molecule has 6 heteroatoms. The molecule has 1 unspecified atom stereocenters. The zero-order valence-corrected chi connectivity index (χ0v) is 16.6. The van der Waals surface area contributed by atoms with Crippen LogP contribution in [0.15, 0.2) is 29.4 Å². The number of anilines is 1. The normalized spacial score (nSPS) is 18.3. The van der Waals surface area contributed by atoms with Gasteiger partial charge in [0.15, 0.2) is 5.96 Å². The van der Waals surface area contributed by atoms with E-state index in [4.69, 9.17) is 0 Å². The molecule has 1 aliphatic heterocycles. The fraction of sp³-hybridized carbons (Fsp3) is 0.647. The summed E-state index contributed by atoms with van der Waals surface area (Å²) in [6, 6.07) is 5.93. The first-order chi connectivity index (χ1) is 10.8. The Labute approximate surface area is 157 Å². The molecule has 130 valence electrons. The summed E-state index contributed by atoms with van der Waals surface area (Å²) in [4.78, 5) is 11.1. The number of aromatic nitrogens is 1. The van der Waals surface area contributed by atoms with Gasteiger partial charge in [-0.3, -0.25) is 4.99 Å². The number of rotatable bonds is 6. The monoisotopic (exact) mass is 431 g/mol. The van der Waals surface area contributed by atoms with Gasteiger partial charge in [0.25, 0.3) is 0 Å². The Hall–Kier alpha value is -1.05. The van der Waals surface area contributed by atoms with Gasteiger partial charge in [-0.25, -0.2) is 4.98 Å². The Morgan fingerprint density at radius 2 is 2.17 bits per heavy atom. The molecule has 0 aromatic carbocycles. The molecule has 2 heterocycles. The van der Waals surface area contributed by atoms with E-state index < -0.39 is 0 Å². The van der Waals surface area contributed by atoms with Crippen LogP contribution in [0.3, 0.4) is 0 Å². The van der Waals surface area contributed by atoms with E-state index in [1.165, 1.54) is 12.8 Å². The number of nitrogens with zero attached hydrogens (tertiary/aromatic N) is 3. The zero-order chi connectivity index (χ0) is 15.6. The van der Waals surface area contributed by atoms with Crippen molar-refractivity contribution in [1.82, 2.24) is 15.2 Å². The van der Waals surface area contributed by atoms with Gasteiger partial charge in [-0.2, -0.15) is 0 Å². The highest BCUT2D eigenvalue weighted by Gasteiger charge is 2.18. The van der Waals surface area contributed by atoms with Crippen molar-refractivity contribution in [2.75, 3.05) is 38.5 Å². The fourth-order valence-corrected chi connectivity index (χ4v) is 2.85. The number of likely N-dealkylation sites (tertiary alicyclic amines) is 1.